The summed E-state index contributed by atoms with van der Waals surface area (Å²) in [6.07, 6.45) is 0. The Morgan fingerprint density at radius 3 is 2.24 bits per heavy atom. The smallest absolute Gasteiger partial charge is 0.230 e. The maximum atomic E-state index is 11.5. The van der Waals surface area contributed by atoms with Crippen molar-refractivity contribution >= 4 is 17.7 Å². The van der Waals surface area contributed by atoms with Crippen molar-refractivity contribution in [1.29, 1.82) is 0 Å². The predicted octanol–water partition coefficient (Wildman–Crippen LogP) is 2.70. The lowest BCUT2D eigenvalue weighted by atomic mass is 9.99. The molecule has 0 aromatic rings. The number of rotatable bonds is 6. The first-order valence-corrected chi connectivity index (χ1v) is 7.07. The van der Waals surface area contributed by atoms with E-state index in [-0.39, 0.29) is 16.1 Å². The summed E-state index contributed by atoms with van der Waals surface area (Å²) in [7, 11) is 0. The molecular weight excluding hydrogens is 234 g/mol. The van der Waals surface area contributed by atoms with Gasteiger partial charge in [-0.1, -0.05) is 41.5 Å². The molecule has 17 heavy (non-hydrogen) atoms. The zero-order chi connectivity index (χ0) is 13.5. The molecule has 0 fully saturated rings. The van der Waals surface area contributed by atoms with Crippen LogP contribution in [0.5, 0.6) is 0 Å². The Morgan fingerprint density at radius 1 is 1.18 bits per heavy atom. The second-order valence-electron chi connectivity index (χ2n) is 6.36. The molecule has 1 N–H and O–H groups in total. The quantitative estimate of drug-likeness (QED) is 0.747. The van der Waals surface area contributed by atoms with Crippen LogP contribution in [0.2, 0.25) is 0 Å². The standard InChI is InChI=1S/C13H27NO2S/c1-12(2,3)10-16-8-7-14-11(15)9-17-13(4,5)6/h7-10H2,1-6H3,(H,14,15). The number of thioether (sulfide) groups is 1. The number of hydrogen-bond donors (Lipinski definition) is 1. The van der Waals surface area contributed by atoms with Gasteiger partial charge >= 0.3 is 0 Å². The van der Waals surface area contributed by atoms with Crippen LogP contribution in [-0.2, 0) is 9.53 Å². The Kier molecular flexibility index (Phi) is 7.17. The molecule has 0 heterocycles. The molecule has 4 heteroatoms. The van der Waals surface area contributed by atoms with E-state index in [2.05, 4.69) is 46.9 Å². The second-order valence-corrected chi connectivity index (χ2v) is 8.17. The first kappa shape index (κ1) is 16.8. The number of carbonyl (C=O) groups is 1. The summed E-state index contributed by atoms with van der Waals surface area (Å²) in [4.78, 5) is 11.5. The maximum absolute atomic E-state index is 11.5. The molecule has 0 unspecified atom stereocenters. The molecule has 0 aromatic heterocycles. The number of carbonyl (C=O) groups excluding carboxylic acids is 1. The molecule has 3 nitrogen and oxygen atoms in total. The SMILES string of the molecule is CC(C)(C)COCCNC(=O)CSC(C)(C)C. The summed E-state index contributed by atoms with van der Waals surface area (Å²) in [5.41, 5.74) is 0.187. The zero-order valence-electron chi connectivity index (χ0n) is 12.1. The highest BCUT2D eigenvalue weighted by atomic mass is 32.2. The fourth-order valence-corrected chi connectivity index (χ4v) is 1.64. The highest BCUT2D eigenvalue weighted by Crippen LogP contribution is 2.22. The molecule has 0 aliphatic rings. The van der Waals surface area contributed by atoms with Crippen molar-refractivity contribution in [2.24, 2.45) is 5.41 Å². The Bertz CT molecular complexity index is 229. The van der Waals surface area contributed by atoms with Gasteiger partial charge in [-0.3, -0.25) is 4.79 Å². The van der Waals surface area contributed by atoms with Crippen molar-refractivity contribution in [1.82, 2.24) is 5.32 Å². The first-order chi connectivity index (χ1) is 7.60. The predicted molar refractivity (Wildman–Crippen MR) is 75.5 cm³/mol. The monoisotopic (exact) mass is 261 g/mol. The van der Waals surface area contributed by atoms with Crippen LogP contribution in [0.4, 0.5) is 0 Å². The van der Waals surface area contributed by atoms with E-state index < -0.39 is 0 Å². The van der Waals surface area contributed by atoms with Gasteiger partial charge in [0.25, 0.3) is 0 Å². The third kappa shape index (κ3) is 13.7. The zero-order valence-corrected chi connectivity index (χ0v) is 12.9. The molecule has 0 spiro atoms. The molecule has 0 atom stereocenters. The van der Waals surface area contributed by atoms with Crippen LogP contribution >= 0.6 is 11.8 Å². The van der Waals surface area contributed by atoms with Crippen molar-refractivity contribution in [3.63, 3.8) is 0 Å². The van der Waals surface area contributed by atoms with Crippen LogP contribution in [0, 0.1) is 5.41 Å². The molecule has 0 rings (SSSR count). The van der Waals surface area contributed by atoms with Gasteiger partial charge in [-0.05, 0) is 5.41 Å². The van der Waals surface area contributed by atoms with Crippen LogP contribution in [0.3, 0.4) is 0 Å². The van der Waals surface area contributed by atoms with E-state index in [1.807, 2.05) is 0 Å². The van der Waals surface area contributed by atoms with Crippen molar-refractivity contribution in [2.75, 3.05) is 25.5 Å². The normalized spacial score (nSPS) is 12.6. The van der Waals surface area contributed by atoms with Crippen LogP contribution in [0.15, 0.2) is 0 Å². The van der Waals surface area contributed by atoms with Crippen LogP contribution in [0.25, 0.3) is 0 Å². The summed E-state index contributed by atoms with van der Waals surface area (Å²) in [5.74, 6) is 0.604. The summed E-state index contributed by atoms with van der Waals surface area (Å²) in [5, 5.41) is 2.86. The molecule has 0 aliphatic heterocycles. The largest absolute Gasteiger partial charge is 0.379 e. The number of hydrogen-bond acceptors (Lipinski definition) is 3. The number of nitrogens with one attached hydrogen (secondary N) is 1. The van der Waals surface area contributed by atoms with E-state index in [0.717, 1.165) is 6.61 Å². The molecule has 0 saturated carbocycles. The lowest BCUT2D eigenvalue weighted by Gasteiger charge is -2.18. The van der Waals surface area contributed by atoms with Crippen LogP contribution in [0.1, 0.15) is 41.5 Å². The fourth-order valence-electron chi connectivity index (χ4n) is 0.974. The topological polar surface area (TPSA) is 38.3 Å². The van der Waals surface area contributed by atoms with Crippen molar-refractivity contribution in [2.45, 2.75) is 46.3 Å². The van der Waals surface area contributed by atoms with E-state index in [1.54, 1.807) is 11.8 Å². The van der Waals surface area contributed by atoms with Gasteiger partial charge in [-0.2, -0.15) is 0 Å². The summed E-state index contributed by atoms with van der Waals surface area (Å²) < 4.78 is 5.61. The highest BCUT2D eigenvalue weighted by Gasteiger charge is 2.13. The third-order valence-corrected chi connectivity index (χ3v) is 3.01. The maximum Gasteiger partial charge on any atom is 0.230 e. The first-order valence-electron chi connectivity index (χ1n) is 6.08. The molecule has 0 radical (unpaired) electrons. The minimum Gasteiger partial charge on any atom is -0.379 e. The van der Waals surface area contributed by atoms with Crippen LogP contribution < -0.4 is 5.32 Å². The fraction of sp³-hybridized carbons (Fsp3) is 0.923. The molecule has 0 aromatic carbocycles. The molecule has 0 saturated heterocycles. The van der Waals surface area contributed by atoms with Gasteiger partial charge in [0.05, 0.1) is 19.0 Å². The number of amides is 1. The molecule has 0 aliphatic carbocycles. The van der Waals surface area contributed by atoms with Gasteiger partial charge in [-0.25, -0.2) is 0 Å². The van der Waals surface area contributed by atoms with Gasteiger partial charge in [0, 0.05) is 11.3 Å². The minimum absolute atomic E-state index is 0.0873. The van der Waals surface area contributed by atoms with Crippen molar-refractivity contribution in [3.8, 4) is 0 Å². The van der Waals surface area contributed by atoms with E-state index in [0.29, 0.717) is 18.9 Å². The highest BCUT2D eigenvalue weighted by molar-refractivity contribution is 8.01. The summed E-state index contributed by atoms with van der Waals surface area (Å²) >= 11 is 1.66. The summed E-state index contributed by atoms with van der Waals surface area (Å²) in [6.45, 7) is 14.6. The van der Waals surface area contributed by atoms with Gasteiger partial charge in [0.1, 0.15) is 0 Å². The van der Waals surface area contributed by atoms with Gasteiger partial charge < -0.3 is 10.1 Å². The van der Waals surface area contributed by atoms with E-state index in [9.17, 15) is 4.79 Å². The van der Waals surface area contributed by atoms with Crippen molar-refractivity contribution < 1.29 is 9.53 Å². The van der Waals surface area contributed by atoms with E-state index in [1.165, 1.54) is 0 Å². The number of ether oxygens (including phenoxy) is 1. The Hall–Kier alpha value is -0.220. The molecular formula is C13H27NO2S. The van der Waals surface area contributed by atoms with Gasteiger partial charge in [0.2, 0.25) is 5.91 Å². The molecule has 0 bridgehead atoms. The average molecular weight is 261 g/mol. The Balaban J connectivity index is 3.47. The lowest BCUT2D eigenvalue weighted by molar-refractivity contribution is -0.118. The van der Waals surface area contributed by atoms with E-state index >= 15 is 0 Å². The van der Waals surface area contributed by atoms with E-state index in [4.69, 9.17) is 4.74 Å². The Labute approximate surface area is 110 Å². The third-order valence-electron chi connectivity index (χ3n) is 1.74. The second kappa shape index (κ2) is 7.27. The Morgan fingerprint density at radius 2 is 1.76 bits per heavy atom. The van der Waals surface area contributed by atoms with Crippen molar-refractivity contribution in [3.05, 3.63) is 0 Å². The lowest BCUT2D eigenvalue weighted by Crippen LogP contribution is -2.30. The van der Waals surface area contributed by atoms with Gasteiger partial charge in [-0.15, -0.1) is 11.8 Å². The average Bonchev–Trinajstić information content (AvgIpc) is 2.11. The molecule has 1 amide bonds. The molecule has 102 valence electrons. The summed E-state index contributed by atoms with van der Waals surface area (Å²) in [6, 6.07) is 0. The minimum atomic E-state index is 0.0873. The van der Waals surface area contributed by atoms with Gasteiger partial charge in [0.15, 0.2) is 0 Å². The van der Waals surface area contributed by atoms with Crippen LogP contribution in [-0.4, -0.2) is 36.2 Å².